The Hall–Kier alpha value is -6.48. The van der Waals surface area contributed by atoms with Crippen LogP contribution in [0.15, 0.2) is 78.9 Å². The summed E-state index contributed by atoms with van der Waals surface area (Å²) in [5, 5.41) is 70.7. The van der Waals surface area contributed by atoms with Gasteiger partial charge in [0.15, 0.2) is 0 Å². The summed E-state index contributed by atoms with van der Waals surface area (Å²) in [5.41, 5.74) is 11.3. The first-order valence-corrected chi connectivity index (χ1v) is 21.9. The SMILES string of the molecule is Cc1ccc(C2Oc3c(c(O)cc(O)c3C3c4c(O)cc(O)c(C5c6c(O)cc(O)cc6OC(c6ccc(C)c(C)c6)C5C)c4OC(c4ccc(C)c(C)c4)C3C)CC2C)cc1C. The van der Waals surface area contributed by atoms with E-state index in [0.717, 1.165) is 50.1 Å². The van der Waals surface area contributed by atoms with Crippen molar-refractivity contribution >= 4 is 0 Å². The molecule has 326 valence electrons. The second-order valence-corrected chi connectivity index (χ2v) is 18.6. The van der Waals surface area contributed by atoms with Crippen molar-refractivity contribution in [2.75, 3.05) is 0 Å². The van der Waals surface area contributed by atoms with E-state index in [2.05, 4.69) is 51.1 Å². The van der Waals surface area contributed by atoms with Gasteiger partial charge >= 0.3 is 0 Å². The third-order valence-electron chi connectivity index (χ3n) is 14.4. The van der Waals surface area contributed by atoms with Gasteiger partial charge in [0.25, 0.3) is 0 Å². The maximum absolute atomic E-state index is 12.3. The molecule has 63 heavy (non-hydrogen) atoms. The van der Waals surface area contributed by atoms with Gasteiger partial charge in [-0.15, -0.1) is 0 Å². The number of phenolic OH excluding ortho intramolecular Hbond substituents is 6. The smallest absolute Gasteiger partial charge is 0.135 e. The Kier molecular flexibility index (Phi) is 10.2. The minimum Gasteiger partial charge on any atom is -0.508 e. The highest BCUT2D eigenvalue weighted by Crippen LogP contribution is 2.64. The second kappa shape index (κ2) is 15.4. The molecule has 6 N–H and O–H groups in total. The summed E-state index contributed by atoms with van der Waals surface area (Å²) < 4.78 is 20.9. The number of hydrogen-bond acceptors (Lipinski definition) is 9. The molecule has 6 aromatic carbocycles. The molecular weight excluding hydrogens is 793 g/mol. The largest absolute Gasteiger partial charge is 0.508 e. The highest BCUT2D eigenvalue weighted by atomic mass is 16.5. The molecule has 0 fully saturated rings. The number of aryl methyl sites for hydroxylation is 6. The van der Waals surface area contributed by atoms with Crippen LogP contribution in [0.3, 0.4) is 0 Å². The fourth-order valence-electron chi connectivity index (χ4n) is 10.5. The van der Waals surface area contributed by atoms with Crippen LogP contribution in [-0.4, -0.2) is 30.6 Å². The van der Waals surface area contributed by atoms with E-state index in [1.54, 1.807) is 0 Å². The van der Waals surface area contributed by atoms with Crippen molar-refractivity contribution in [1.29, 1.82) is 0 Å². The van der Waals surface area contributed by atoms with Gasteiger partial charge in [-0.25, -0.2) is 0 Å². The number of benzene rings is 6. The number of fused-ring (bicyclic) bond motifs is 3. The van der Waals surface area contributed by atoms with Gasteiger partial charge in [0, 0.05) is 81.7 Å². The zero-order valence-corrected chi connectivity index (χ0v) is 37.2. The molecule has 8 atom stereocenters. The molecule has 0 bridgehead atoms. The summed E-state index contributed by atoms with van der Waals surface area (Å²) in [7, 11) is 0. The van der Waals surface area contributed by atoms with Gasteiger partial charge in [0.05, 0.1) is 0 Å². The van der Waals surface area contributed by atoms with Crippen LogP contribution in [0, 0.1) is 59.3 Å². The zero-order valence-electron chi connectivity index (χ0n) is 37.2. The standard InChI is InChI=1S/C54H56O9/c1-24-10-13-33(16-27(24)4)50-30(7)19-37-38(56)22-40(58)47(53(37)62-50)45-32(9)52(35-15-12-26(3)29(6)18-35)63-54-48(41(59)23-42(60)49(45)54)44-31(8)51(34-14-11-25(2)28(5)17-34)61-43-21-36(55)20-39(57)46(43)44/h10-18,20-23,30-32,44-45,50-52,55-60H,19H2,1-9H3. The molecule has 0 aliphatic carbocycles. The summed E-state index contributed by atoms with van der Waals surface area (Å²) in [6, 6.07) is 23.9. The Morgan fingerprint density at radius 1 is 0.413 bits per heavy atom. The molecule has 0 saturated heterocycles. The maximum Gasteiger partial charge on any atom is 0.135 e. The fourth-order valence-corrected chi connectivity index (χ4v) is 10.5. The third kappa shape index (κ3) is 6.84. The van der Waals surface area contributed by atoms with Crippen molar-refractivity contribution in [2.45, 2.75) is 98.9 Å². The lowest BCUT2D eigenvalue weighted by atomic mass is 9.69. The zero-order chi connectivity index (χ0) is 44.9. The lowest BCUT2D eigenvalue weighted by Crippen LogP contribution is -2.33. The third-order valence-corrected chi connectivity index (χ3v) is 14.4. The van der Waals surface area contributed by atoms with Gasteiger partial charge in [0.2, 0.25) is 0 Å². The summed E-state index contributed by atoms with van der Waals surface area (Å²) in [5.74, 6) is -2.95. The Balaban J connectivity index is 1.31. The van der Waals surface area contributed by atoms with E-state index in [9.17, 15) is 30.6 Å². The van der Waals surface area contributed by atoms with E-state index in [4.69, 9.17) is 14.2 Å². The molecule has 6 aromatic rings. The highest BCUT2D eigenvalue weighted by molar-refractivity contribution is 5.70. The van der Waals surface area contributed by atoms with E-state index in [1.807, 2.05) is 65.8 Å². The quantitative estimate of drug-likeness (QED) is 0.0997. The van der Waals surface area contributed by atoms with Gasteiger partial charge in [-0.2, -0.15) is 0 Å². The number of phenols is 6. The lowest BCUT2D eigenvalue weighted by Gasteiger charge is -2.44. The maximum atomic E-state index is 12.3. The van der Waals surface area contributed by atoms with Crippen molar-refractivity contribution < 1.29 is 44.8 Å². The van der Waals surface area contributed by atoms with Crippen molar-refractivity contribution in [3.8, 4) is 51.7 Å². The lowest BCUT2D eigenvalue weighted by molar-refractivity contribution is 0.0901. The van der Waals surface area contributed by atoms with E-state index in [-0.39, 0.29) is 51.9 Å². The molecule has 3 heterocycles. The van der Waals surface area contributed by atoms with Crippen LogP contribution < -0.4 is 14.2 Å². The molecule has 9 nitrogen and oxygen atoms in total. The number of rotatable bonds is 5. The number of aromatic hydroxyl groups is 6. The summed E-state index contributed by atoms with van der Waals surface area (Å²) in [4.78, 5) is 0. The van der Waals surface area contributed by atoms with E-state index >= 15 is 0 Å². The predicted octanol–water partition coefficient (Wildman–Crippen LogP) is 11.9. The van der Waals surface area contributed by atoms with Crippen LogP contribution in [0.25, 0.3) is 0 Å². The Labute approximate surface area is 368 Å². The van der Waals surface area contributed by atoms with Crippen molar-refractivity contribution in [3.63, 3.8) is 0 Å². The van der Waals surface area contributed by atoms with Gasteiger partial charge < -0.3 is 44.8 Å². The van der Waals surface area contributed by atoms with Crippen LogP contribution in [0.2, 0.25) is 0 Å². The van der Waals surface area contributed by atoms with E-state index < -0.39 is 42.0 Å². The first-order valence-electron chi connectivity index (χ1n) is 21.9. The molecule has 0 spiro atoms. The Morgan fingerprint density at radius 2 is 0.825 bits per heavy atom. The second-order valence-electron chi connectivity index (χ2n) is 18.6. The van der Waals surface area contributed by atoms with Gasteiger partial charge in [-0.05, 0) is 98.0 Å². The van der Waals surface area contributed by atoms with Gasteiger partial charge in [-0.3, -0.25) is 0 Å². The van der Waals surface area contributed by atoms with Crippen LogP contribution in [0.4, 0.5) is 0 Å². The van der Waals surface area contributed by atoms with Crippen molar-refractivity contribution in [2.24, 2.45) is 17.8 Å². The van der Waals surface area contributed by atoms with Crippen molar-refractivity contribution in [1.82, 2.24) is 0 Å². The average Bonchev–Trinajstić information content (AvgIpc) is 3.22. The first-order chi connectivity index (χ1) is 29.9. The highest BCUT2D eigenvalue weighted by Gasteiger charge is 2.49. The number of hydrogen-bond donors (Lipinski definition) is 6. The molecule has 3 aliphatic rings. The molecular formula is C54H56O9. The molecule has 9 rings (SSSR count). The Morgan fingerprint density at radius 3 is 1.33 bits per heavy atom. The van der Waals surface area contributed by atoms with Crippen molar-refractivity contribution in [3.05, 3.63) is 157 Å². The topological polar surface area (TPSA) is 149 Å². The normalized spacial score (nSPS) is 23.7. The summed E-state index contributed by atoms with van der Waals surface area (Å²) in [6.07, 6.45) is -1.22. The van der Waals surface area contributed by atoms with E-state index in [1.165, 1.54) is 24.3 Å². The van der Waals surface area contributed by atoms with Crippen LogP contribution >= 0.6 is 0 Å². The molecule has 0 amide bonds. The number of ether oxygens (including phenoxy) is 3. The summed E-state index contributed by atoms with van der Waals surface area (Å²) in [6.45, 7) is 18.4. The van der Waals surface area contributed by atoms with E-state index in [0.29, 0.717) is 40.0 Å². The molecule has 0 radical (unpaired) electrons. The summed E-state index contributed by atoms with van der Waals surface area (Å²) >= 11 is 0. The van der Waals surface area contributed by atoms with Crippen LogP contribution in [-0.2, 0) is 6.42 Å². The first kappa shape index (κ1) is 41.9. The minimum absolute atomic E-state index is 0.0324. The predicted molar refractivity (Wildman–Crippen MR) is 242 cm³/mol. The molecule has 9 heteroatoms. The molecule has 0 aromatic heterocycles. The van der Waals surface area contributed by atoms with Gasteiger partial charge in [0.1, 0.15) is 70.1 Å². The fraction of sp³-hybridized carbons (Fsp3) is 0.333. The molecule has 0 saturated carbocycles. The minimum atomic E-state index is -0.804. The van der Waals surface area contributed by atoms with Gasteiger partial charge in [-0.1, -0.05) is 75.4 Å². The molecule has 8 unspecified atom stereocenters. The van der Waals surface area contributed by atoms with Crippen LogP contribution in [0.1, 0.15) is 129 Å². The molecule has 3 aliphatic heterocycles. The average molecular weight is 849 g/mol. The Bertz CT molecular complexity index is 2820. The van der Waals surface area contributed by atoms with Crippen LogP contribution in [0.5, 0.6) is 51.7 Å². The monoisotopic (exact) mass is 848 g/mol.